The Bertz CT molecular complexity index is 593. The van der Waals surface area contributed by atoms with Crippen molar-refractivity contribution in [2.75, 3.05) is 30.0 Å². The van der Waals surface area contributed by atoms with E-state index in [2.05, 4.69) is 20.6 Å². The summed E-state index contributed by atoms with van der Waals surface area (Å²) in [6, 6.07) is 1.33. The number of nitrogens with one attached hydrogen (secondary N) is 2. The molecule has 2 rings (SSSR count). The van der Waals surface area contributed by atoms with Crippen molar-refractivity contribution in [3.8, 4) is 0 Å². The van der Waals surface area contributed by atoms with E-state index in [-0.39, 0.29) is 11.8 Å². The van der Waals surface area contributed by atoms with Gasteiger partial charge in [0.2, 0.25) is 11.9 Å². The Labute approximate surface area is 146 Å². The summed E-state index contributed by atoms with van der Waals surface area (Å²) in [4.78, 5) is 34.5. The van der Waals surface area contributed by atoms with Gasteiger partial charge >= 0.3 is 0 Å². The van der Waals surface area contributed by atoms with Gasteiger partial charge in [-0.15, -0.1) is 11.8 Å². The Balaban J connectivity index is 1.80. The highest BCUT2D eigenvalue weighted by atomic mass is 32.2. The van der Waals surface area contributed by atoms with E-state index in [1.807, 2.05) is 13.0 Å². The van der Waals surface area contributed by atoms with Gasteiger partial charge in [0.15, 0.2) is 0 Å². The normalized spacial score (nSPS) is 17.7. The molecule has 130 valence electrons. The Kier molecular flexibility index (Phi) is 7.05. The summed E-state index contributed by atoms with van der Waals surface area (Å²) in [7, 11) is 0. The first-order valence-electron chi connectivity index (χ1n) is 7.97. The number of aromatic nitrogens is 2. The average molecular weight is 349 g/mol. The summed E-state index contributed by atoms with van der Waals surface area (Å²) in [5.74, 6) is 1.54. The molecule has 2 amide bonds. The van der Waals surface area contributed by atoms with Gasteiger partial charge in [0.25, 0.3) is 5.91 Å². The van der Waals surface area contributed by atoms with E-state index in [9.17, 15) is 9.59 Å². The van der Waals surface area contributed by atoms with Gasteiger partial charge in [-0.3, -0.25) is 9.59 Å². The number of nitrogens with zero attached hydrogens (tertiary/aromatic N) is 3. The molecule has 0 bridgehead atoms. The smallest absolute Gasteiger partial charge is 0.250 e. The quantitative estimate of drug-likeness (QED) is 0.569. The predicted octanol–water partition coefficient (Wildman–Crippen LogP) is 1.26. The summed E-state index contributed by atoms with van der Waals surface area (Å²) >= 11 is 1.60. The molecule has 0 radical (unpaired) electrons. The molecule has 1 aromatic rings. The molecule has 0 spiro atoms. The topological polar surface area (TPSA) is 87.2 Å². The van der Waals surface area contributed by atoms with Crippen LogP contribution in [0.4, 0.5) is 5.95 Å². The molecule has 24 heavy (non-hydrogen) atoms. The lowest BCUT2D eigenvalue weighted by Crippen LogP contribution is -2.48. The molecule has 1 aliphatic heterocycles. The second-order valence-electron chi connectivity index (χ2n) is 5.38. The van der Waals surface area contributed by atoms with E-state index < -0.39 is 6.04 Å². The van der Waals surface area contributed by atoms with Crippen LogP contribution in [0, 0.1) is 0 Å². The van der Waals surface area contributed by atoms with Crippen molar-refractivity contribution in [3.05, 3.63) is 30.1 Å². The first-order valence-corrected chi connectivity index (χ1v) is 9.13. The number of hydrogen-bond acceptors (Lipinski definition) is 6. The summed E-state index contributed by atoms with van der Waals surface area (Å²) < 4.78 is 0. The van der Waals surface area contributed by atoms with Gasteiger partial charge in [-0.1, -0.05) is 13.0 Å². The monoisotopic (exact) mass is 349 g/mol. The van der Waals surface area contributed by atoms with Gasteiger partial charge in [-0.2, -0.15) is 0 Å². The van der Waals surface area contributed by atoms with Crippen molar-refractivity contribution in [2.45, 2.75) is 26.3 Å². The number of carbonyl (C=O) groups is 2. The van der Waals surface area contributed by atoms with E-state index in [0.717, 1.165) is 6.42 Å². The Hall–Kier alpha value is -2.09. The predicted molar refractivity (Wildman–Crippen MR) is 95.5 cm³/mol. The van der Waals surface area contributed by atoms with Gasteiger partial charge < -0.3 is 15.5 Å². The average Bonchev–Trinajstić information content (AvgIpc) is 3.08. The second-order valence-corrected chi connectivity index (χ2v) is 6.38. The molecule has 0 saturated carbocycles. The highest BCUT2D eigenvalue weighted by molar-refractivity contribution is 7.99. The van der Waals surface area contributed by atoms with Gasteiger partial charge in [-0.25, -0.2) is 9.97 Å². The molecule has 2 heterocycles. The number of amides is 2. The first-order chi connectivity index (χ1) is 11.6. The van der Waals surface area contributed by atoms with Crippen molar-refractivity contribution in [1.82, 2.24) is 20.2 Å². The van der Waals surface area contributed by atoms with Crippen molar-refractivity contribution < 1.29 is 9.59 Å². The van der Waals surface area contributed by atoms with Crippen molar-refractivity contribution in [2.24, 2.45) is 0 Å². The van der Waals surface area contributed by atoms with E-state index >= 15 is 0 Å². The summed E-state index contributed by atoms with van der Waals surface area (Å²) in [5, 5.41) is 5.89. The highest BCUT2D eigenvalue weighted by Crippen LogP contribution is 2.23. The third-order valence-corrected chi connectivity index (χ3v) is 4.58. The SMILES string of the molecule is CC/C=C(/C)C(=O)N1CSC[C@H]1C(=O)NCCNc1ncccn1. The fourth-order valence-electron chi connectivity index (χ4n) is 2.35. The van der Waals surface area contributed by atoms with Crippen LogP contribution < -0.4 is 10.6 Å². The molecular weight excluding hydrogens is 326 g/mol. The number of thioether (sulfide) groups is 1. The lowest BCUT2D eigenvalue weighted by Gasteiger charge is -2.23. The van der Waals surface area contributed by atoms with E-state index in [0.29, 0.717) is 36.2 Å². The maximum absolute atomic E-state index is 12.4. The summed E-state index contributed by atoms with van der Waals surface area (Å²) in [5.41, 5.74) is 0.695. The molecule has 0 aromatic carbocycles. The zero-order valence-electron chi connectivity index (χ0n) is 14.0. The number of carbonyl (C=O) groups excluding carboxylic acids is 2. The van der Waals surface area contributed by atoms with Crippen molar-refractivity contribution >= 4 is 29.5 Å². The molecule has 8 heteroatoms. The van der Waals surface area contributed by atoms with Crippen LogP contribution in [0.2, 0.25) is 0 Å². The van der Waals surface area contributed by atoms with Crippen LogP contribution in [0.15, 0.2) is 30.1 Å². The third kappa shape index (κ3) is 4.95. The molecule has 0 unspecified atom stereocenters. The van der Waals surface area contributed by atoms with E-state index in [4.69, 9.17) is 0 Å². The minimum absolute atomic E-state index is 0.0576. The number of rotatable bonds is 7. The standard InChI is InChI=1S/C16H23N5O2S/c1-3-5-12(2)15(23)21-11-24-10-13(21)14(22)17-8-9-20-16-18-6-4-7-19-16/h4-7,13H,3,8-11H2,1-2H3,(H,17,22)(H,18,19,20)/b12-5-/t13-/m0/s1. The molecule has 2 N–H and O–H groups in total. The Morgan fingerprint density at radius 3 is 2.83 bits per heavy atom. The van der Waals surface area contributed by atoms with Gasteiger partial charge in [0.05, 0.1) is 5.88 Å². The van der Waals surface area contributed by atoms with Gasteiger partial charge in [0, 0.05) is 36.8 Å². The molecule has 1 fully saturated rings. The second kappa shape index (κ2) is 9.27. The van der Waals surface area contributed by atoms with Crippen LogP contribution in [-0.2, 0) is 9.59 Å². The first kappa shape index (κ1) is 18.3. The maximum atomic E-state index is 12.4. The lowest BCUT2D eigenvalue weighted by molar-refractivity contribution is -0.135. The van der Waals surface area contributed by atoms with Crippen LogP contribution in [0.1, 0.15) is 20.3 Å². The molecule has 1 saturated heterocycles. The van der Waals surface area contributed by atoms with Gasteiger partial charge in [-0.05, 0) is 19.4 Å². The van der Waals surface area contributed by atoms with E-state index in [1.165, 1.54) is 0 Å². The fourth-order valence-corrected chi connectivity index (χ4v) is 3.50. The summed E-state index contributed by atoms with van der Waals surface area (Å²) in [6.07, 6.45) is 6.01. The number of allylic oxidation sites excluding steroid dienone is 1. The van der Waals surface area contributed by atoms with E-state index in [1.54, 1.807) is 42.0 Å². The summed E-state index contributed by atoms with van der Waals surface area (Å²) in [6.45, 7) is 4.76. The minimum Gasteiger partial charge on any atom is -0.353 e. The largest absolute Gasteiger partial charge is 0.353 e. The van der Waals surface area contributed by atoms with Crippen LogP contribution in [0.3, 0.4) is 0 Å². The molecular formula is C16H23N5O2S. The van der Waals surface area contributed by atoms with Crippen LogP contribution in [-0.4, -0.2) is 57.4 Å². The Morgan fingerprint density at radius 1 is 1.38 bits per heavy atom. The van der Waals surface area contributed by atoms with Crippen LogP contribution >= 0.6 is 11.8 Å². The number of anilines is 1. The van der Waals surface area contributed by atoms with Gasteiger partial charge in [0.1, 0.15) is 6.04 Å². The van der Waals surface area contributed by atoms with Crippen LogP contribution in [0.25, 0.3) is 0 Å². The van der Waals surface area contributed by atoms with Crippen molar-refractivity contribution in [1.29, 1.82) is 0 Å². The maximum Gasteiger partial charge on any atom is 0.250 e. The molecule has 1 atom stereocenters. The number of hydrogen-bond donors (Lipinski definition) is 2. The Morgan fingerprint density at radius 2 is 2.12 bits per heavy atom. The fraction of sp³-hybridized carbons (Fsp3) is 0.500. The van der Waals surface area contributed by atoms with Crippen LogP contribution in [0.5, 0.6) is 0 Å². The third-order valence-electron chi connectivity index (χ3n) is 3.57. The minimum atomic E-state index is -0.407. The highest BCUT2D eigenvalue weighted by Gasteiger charge is 2.34. The lowest BCUT2D eigenvalue weighted by atomic mass is 10.2. The molecule has 1 aromatic heterocycles. The molecule has 0 aliphatic carbocycles. The van der Waals surface area contributed by atoms with Crippen molar-refractivity contribution in [3.63, 3.8) is 0 Å². The zero-order valence-corrected chi connectivity index (χ0v) is 14.8. The molecule has 7 nitrogen and oxygen atoms in total. The zero-order chi connectivity index (χ0) is 17.4. The molecule has 1 aliphatic rings.